The Morgan fingerprint density at radius 3 is 2.41 bits per heavy atom. The standard InChI is InChI=1S/C14H26N2O/c15-10-13(6-2-1-3-7-13)14(17)8-9-16(11-14)12-4-5-12/h12,17H,1-11,15H2. The molecule has 1 heterocycles. The van der Waals surface area contributed by atoms with Crippen molar-refractivity contribution >= 4 is 0 Å². The molecule has 0 bridgehead atoms. The van der Waals surface area contributed by atoms with Crippen molar-refractivity contribution in [2.75, 3.05) is 19.6 Å². The van der Waals surface area contributed by atoms with Gasteiger partial charge in [0, 0.05) is 31.1 Å². The number of nitrogens with zero attached hydrogens (tertiary/aromatic N) is 1. The van der Waals surface area contributed by atoms with Crippen molar-refractivity contribution in [1.82, 2.24) is 4.90 Å². The first-order valence-corrected chi connectivity index (χ1v) is 7.36. The number of hydrogen-bond donors (Lipinski definition) is 2. The second kappa shape index (κ2) is 4.22. The van der Waals surface area contributed by atoms with Gasteiger partial charge in [-0.3, -0.25) is 4.90 Å². The number of likely N-dealkylation sites (tertiary alicyclic amines) is 1. The number of aliphatic hydroxyl groups is 1. The highest BCUT2D eigenvalue weighted by molar-refractivity contribution is 5.08. The molecule has 1 unspecified atom stereocenters. The first kappa shape index (κ1) is 11.9. The molecule has 17 heavy (non-hydrogen) atoms. The summed E-state index contributed by atoms with van der Waals surface area (Å²) in [5, 5.41) is 11.1. The van der Waals surface area contributed by atoms with Gasteiger partial charge in [-0.1, -0.05) is 19.3 Å². The molecule has 2 saturated carbocycles. The van der Waals surface area contributed by atoms with E-state index in [-0.39, 0.29) is 5.41 Å². The van der Waals surface area contributed by atoms with E-state index >= 15 is 0 Å². The summed E-state index contributed by atoms with van der Waals surface area (Å²) < 4.78 is 0. The Kier molecular flexibility index (Phi) is 2.96. The summed E-state index contributed by atoms with van der Waals surface area (Å²) in [5.41, 5.74) is 5.59. The summed E-state index contributed by atoms with van der Waals surface area (Å²) in [7, 11) is 0. The van der Waals surface area contributed by atoms with E-state index in [2.05, 4.69) is 4.90 Å². The van der Waals surface area contributed by atoms with Gasteiger partial charge in [0.25, 0.3) is 0 Å². The van der Waals surface area contributed by atoms with E-state index in [0.717, 1.165) is 38.4 Å². The van der Waals surface area contributed by atoms with Crippen LogP contribution in [0.5, 0.6) is 0 Å². The highest BCUT2D eigenvalue weighted by Gasteiger charge is 2.54. The molecule has 2 aliphatic carbocycles. The molecule has 0 amide bonds. The second-order valence-electron chi connectivity index (χ2n) is 6.53. The Balaban J connectivity index is 1.75. The lowest BCUT2D eigenvalue weighted by atomic mass is 9.63. The Morgan fingerprint density at radius 2 is 1.82 bits per heavy atom. The van der Waals surface area contributed by atoms with Crippen molar-refractivity contribution in [1.29, 1.82) is 0 Å². The zero-order valence-corrected chi connectivity index (χ0v) is 10.8. The first-order chi connectivity index (χ1) is 8.19. The van der Waals surface area contributed by atoms with Crippen molar-refractivity contribution in [2.45, 2.75) is 63.0 Å². The van der Waals surface area contributed by atoms with Crippen LogP contribution in [-0.4, -0.2) is 41.3 Å². The van der Waals surface area contributed by atoms with Gasteiger partial charge in [0.05, 0.1) is 5.60 Å². The number of nitrogens with two attached hydrogens (primary N) is 1. The molecule has 3 heteroatoms. The quantitative estimate of drug-likeness (QED) is 0.783. The molecule has 3 aliphatic rings. The average molecular weight is 238 g/mol. The van der Waals surface area contributed by atoms with Crippen LogP contribution in [0.1, 0.15) is 51.4 Å². The molecule has 1 saturated heterocycles. The molecule has 0 aromatic heterocycles. The zero-order valence-electron chi connectivity index (χ0n) is 10.8. The first-order valence-electron chi connectivity index (χ1n) is 7.36. The molecule has 1 atom stereocenters. The van der Waals surface area contributed by atoms with E-state index in [0.29, 0.717) is 6.54 Å². The molecule has 3 rings (SSSR count). The van der Waals surface area contributed by atoms with Crippen molar-refractivity contribution in [2.24, 2.45) is 11.1 Å². The van der Waals surface area contributed by atoms with E-state index in [1.54, 1.807) is 0 Å². The third-order valence-electron chi connectivity index (χ3n) is 5.53. The van der Waals surface area contributed by atoms with Gasteiger partial charge < -0.3 is 10.8 Å². The number of rotatable bonds is 3. The smallest absolute Gasteiger partial charge is 0.0854 e. The SMILES string of the molecule is NCC1(C2(O)CCN(C3CC3)C2)CCCCC1. The van der Waals surface area contributed by atoms with Crippen molar-refractivity contribution in [3.63, 3.8) is 0 Å². The topological polar surface area (TPSA) is 49.5 Å². The largest absolute Gasteiger partial charge is 0.388 e. The monoisotopic (exact) mass is 238 g/mol. The van der Waals surface area contributed by atoms with E-state index in [1.165, 1.54) is 32.1 Å². The minimum absolute atomic E-state index is 0.0227. The molecule has 98 valence electrons. The maximum Gasteiger partial charge on any atom is 0.0854 e. The van der Waals surface area contributed by atoms with Gasteiger partial charge in [0.2, 0.25) is 0 Å². The lowest BCUT2D eigenvalue weighted by Crippen LogP contribution is -2.55. The minimum Gasteiger partial charge on any atom is -0.388 e. The molecule has 0 aromatic carbocycles. The van der Waals surface area contributed by atoms with Gasteiger partial charge in [0.1, 0.15) is 0 Å². The van der Waals surface area contributed by atoms with Crippen LogP contribution < -0.4 is 5.73 Å². The third kappa shape index (κ3) is 1.92. The zero-order chi connectivity index (χ0) is 11.9. The molecule has 0 aromatic rings. The summed E-state index contributed by atoms with van der Waals surface area (Å²) >= 11 is 0. The normalized spacial score (nSPS) is 38.5. The number of β-amino-alcohol motifs (C(OH)–C–C–N with tert-alkyl or cyclic N) is 1. The average Bonchev–Trinajstić information content (AvgIpc) is 3.14. The second-order valence-corrected chi connectivity index (χ2v) is 6.53. The van der Waals surface area contributed by atoms with Crippen LogP contribution in [0, 0.1) is 5.41 Å². The van der Waals surface area contributed by atoms with Gasteiger partial charge in [-0.2, -0.15) is 0 Å². The van der Waals surface area contributed by atoms with E-state index in [4.69, 9.17) is 5.73 Å². The van der Waals surface area contributed by atoms with Crippen molar-refractivity contribution in [3.8, 4) is 0 Å². The van der Waals surface area contributed by atoms with E-state index in [9.17, 15) is 5.11 Å². The third-order valence-corrected chi connectivity index (χ3v) is 5.53. The highest BCUT2D eigenvalue weighted by atomic mass is 16.3. The Morgan fingerprint density at radius 1 is 1.12 bits per heavy atom. The lowest BCUT2D eigenvalue weighted by molar-refractivity contribution is -0.0905. The fourth-order valence-electron chi connectivity index (χ4n) is 4.09. The van der Waals surface area contributed by atoms with Gasteiger partial charge in [-0.05, 0) is 32.1 Å². The molecule has 0 spiro atoms. The molecule has 3 fully saturated rings. The summed E-state index contributed by atoms with van der Waals surface area (Å²) in [6, 6.07) is 0.780. The lowest BCUT2D eigenvalue weighted by Gasteiger charge is -2.47. The van der Waals surface area contributed by atoms with Gasteiger partial charge in [-0.15, -0.1) is 0 Å². The number of hydrogen-bond acceptors (Lipinski definition) is 3. The van der Waals surface area contributed by atoms with Crippen LogP contribution >= 0.6 is 0 Å². The predicted molar refractivity (Wildman–Crippen MR) is 68.7 cm³/mol. The van der Waals surface area contributed by atoms with Crippen LogP contribution in [0.3, 0.4) is 0 Å². The summed E-state index contributed by atoms with van der Waals surface area (Å²) in [5.74, 6) is 0. The fraction of sp³-hybridized carbons (Fsp3) is 1.00. The maximum atomic E-state index is 11.1. The van der Waals surface area contributed by atoms with Crippen LogP contribution in [-0.2, 0) is 0 Å². The maximum absolute atomic E-state index is 11.1. The van der Waals surface area contributed by atoms with E-state index in [1.807, 2.05) is 0 Å². The fourth-order valence-corrected chi connectivity index (χ4v) is 4.09. The molecular weight excluding hydrogens is 212 g/mol. The highest BCUT2D eigenvalue weighted by Crippen LogP contribution is 2.49. The Hall–Kier alpha value is -0.120. The predicted octanol–water partition coefficient (Wildman–Crippen LogP) is 1.49. The van der Waals surface area contributed by atoms with Gasteiger partial charge >= 0.3 is 0 Å². The van der Waals surface area contributed by atoms with E-state index < -0.39 is 5.60 Å². The van der Waals surface area contributed by atoms with Gasteiger partial charge in [0.15, 0.2) is 0 Å². The van der Waals surface area contributed by atoms with Crippen LogP contribution in [0.15, 0.2) is 0 Å². The van der Waals surface area contributed by atoms with Crippen molar-refractivity contribution < 1.29 is 5.11 Å². The molecule has 3 nitrogen and oxygen atoms in total. The molecule has 3 N–H and O–H groups in total. The molecular formula is C14H26N2O. The summed E-state index contributed by atoms with van der Waals surface area (Å²) in [6.07, 6.45) is 9.73. The van der Waals surface area contributed by atoms with Crippen LogP contribution in [0.4, 0.5) is 0 Å². The molecule has 1 aliphatic heterocycles. The van der Waals surface area contributed by atoms with Crippen LogP contribution in [0.25, 0.3) is 0 Å². The summed E-state index contributed by atoms with van der Waals surface area (Å²) in [6.45, 7) is 2.64. The molecule has 0 radical (unpaired) electrons. The minimum atomic E-state index is -0.495. The Labute approximate surface area is 104 Å². The summed E-state index contributed by atoms with van der Waals surface area (Å²) in [4.78, 5) is 2.51. The van der Waals surface area contributed by atoms with Crippen molar-refractivity contribution in [3.05, 3.63) is 0 Å². The Bertz CT molecular complexity index is 284. The van der Waals surface area contributed by atoms with Gasteiger partial charge in [-0.25, -0.2) is 0 Å². The van der Waals surface area contributed by atoms with Crippen LogP contribution in [0.2, 0.25) is 0 Å².